The highest BCUT2D eigenvalue weighted by atomic mass is 127. The topological polar surface area (TPSA) is 79.8 Å². The van der Waals surface area contributed by atoms with Gasteiger partial charge in [-0.05, 0) is 41.2 Å². The van der Waals surface area contributed by atoms with E-state index in [2.05, 4.69) is 42.5 Å². The van der Waals surface area contributed by atoms with Crippen molar-refractivity contribution in [1.82, 2.24) is 10.6 Å². The number of rotatable bonds is 7. The van der Waals surface area contributed by atoms with E-state index in [1.54, 1.807) is 20.0 Å². The SMILES string of the molecule is CN=C(NCCOc1ccccc1C(C)(C)C)NCc1ccc(S(C)(=O)=O)c(C)c1.I. The first-order valence-electron chi connectivity index (χ1n) is 9.99. The minimum atomic E-state index is -3.21. The molecule has 0 atom stereocenters. The van der Waals surface area contributed by atoms with E-state index in [0.717, 1.165) is 16.9 Å². The van der Waals surface area contributed by atoms with Crippen LogP contribution in [0.4, 0.5) is 0 Å². The monoisotopic (exact) mass is 559 g/mol. The van der Waals surface area contributed by atoms with Gasteiger partial charge in [0.1, 0.15) is 12.4 Å². The molecule has 2 N–H and O–H groups in total. The molecule has 0 fully saturated rings. The Bertz CT molecular complexity index is 999. The van der Waals surface area contributed by atoms with Gasteiger partial charge in [-0.2, -0.15) is 0 Å². The summed E-state index contributed by atoms with van der Waals surface area (Å²) in [4.78, 5) is 4.59. The molecular formula is C23H34IN3O3S. The minimum Gasteiger partial charge on any atom is -0.491 e. The molecular weight excluding hydrogens is 525 g/mol. The molecule has 0 amide bonds. The number of guanidine groups is 1. The third kappa shape index (κ3) is 8.33. The maximum absolute atomic E-state index is 11.7. The fourth-order valence-electron chi connectivity index (χ4n) is 3.19. The van der Waals surface area contributed by atoms with Crippen molar-refractivity contribution in [1.29, 1.82) is 0 Å². The average molecular weight is 560 g/mol. The predicted octanol–water partition coefficient (Wildman–Crippen LogP) is 4.06. The molecule has 2 aromatic carbocycles. The van der Waals surface area contributed by atoms with E-state index in [4.69, 9.17) is 4.74 Å². The number of nitrogens with zero attached hydrogens (tertiary/aromatic N) is 1. The molecule has 0 unspecified atom stereocenters. The number of hydrogen-bond donors (Lipinski definition) is 2. The van der Waals surface area contributed by atoms with Crippen molar-refractivity contribution in [2.75, 3.05) is 26.5 Å². The maximum atomic E-state index is 11.7. The lowest BCUT2D eigenvalue weighted by Crippen LogP contribution is -2.39. The van der Waals surface area contributed by atoms with Crippen LogP contribution in [0.1, 0.15) is 37.5 Å². The van der Waals surface area contributed by atoms with Gasteiger partial charge in [0.15, 0.2) is 15.8 Å². The summed E-state index contributed by atoms with van der Waals surface area (Å²) in [6, 6.07) is 13.4. The first-order chi connectivity index (χ1) is 14.0. The van der Waals surface area contributed by atoms with Crippen molar-refractivity contribution >= 4 is 39.8 Å². The van der Waals surface area contributed by atoms with Crippen molar-refractivity contribution in [3.8, 4) is 5.75 Å². The number of sulfone groups is 1. The zero-order valence-corrected chi connectivity index (χ0v) is 22.3. The van der Waals surface area contributed by atoms with Crippen LogP contribution in [0.3, 0.4) is 0 Å². The fraction of sp³-hybridized carbons (Fsp3) is 0.435. The quantitative estimate of drug-likeness (QED) is 0.232. The number of benzene rings is 2. The first kappa shape index (κ1) is 27.2. The normalized spacial score (nSPS) is 12.1. The number of nitrogens with one attached hydrogen (secondary N) is 2. The Kier molecular flexibility index (Phi) is 10.3. The molecule has 0 aliphatic carbocycles. The standard InChI is InChI=1S/C23H33N3O3S.HI/c1-17-15-18(11-12-21(17)30(6,27)28)16-26-22(24-5)25-13-14-29-20-10-8-7-9-19(20)23(2,3)4;/h7-12,15H,13-14,16H2,1-6H3,(H2,24,25,26);1H. The highest BCUT2D eigenvalue weighted by molar-refractivity contribution is 14.0. The number of aryl methyl sites for hydroxylation is 1. The fourth-order valence-corrected chi connectivity index (χ4v) is 4.15. The molecule has 0 spiro atoms. The lowest BCUT2D eigenvalue weighted by molar-refractivity contribution is 0.313. The predicted molar refractivity (Wildman–Crippen MR) is 139 cm³/mol. The van der Waals surface area contributed by atoms with E-state index in [0.29, 0.717) is 30.6 Å². The summed E-state index contributed by atoms with van der Waals surface area (Å²) in [5, 5.41) is 6.48. The zero-order chi connectivity index (χ0) is 22.4. The third-order valence-corrected chi connectivity index (χ3v) is 5.93. The minimum absolute atomic E-state index is 0. The van der Waals surface area contributed by atoms with E-state index in [9.17, 15) is 8.42 Å². The summed E-state index contributed by atoms with van der Waals surface area (Å²) < 4.78 is 29.5. The molecule has 0 aromatic heterocycles. The van der Waals surface area contributed by atoms with E-state index in [1.807, 2.05) is 30.3 Å². The van der Waals surface area contributed by atoms with Crippen LogP contribution in [0.2, 0.25) is 0 Å². The molecule has 0 saturated carbocycles. The van der Waals surface area contributed by atoms with Gasteiger partial charge in [0, 0.05) is 19.8 Å². The first-order valence-corrected chi connectivity index (χ1v) is 11.9. The highest BCUT2D eigenvalue weighted by Gasteiger charge is 2.18. The van der Waals surface area contributed by atoms with Crippen LogP contribution in [-0.2, 0) is 21.8 Å². The van der Waals surface area contributed by atoms with Gasteiger partial charge >= 0.3 is 0 Å². The zero-order valence-electron chi connectivity index (χ0n) is 19.2. The third-order valence-electron chi connectivity index (χ3n) is 4.67. The van der Waals surface area contributed by atoms with Gasteiger partial charge < -0.3 is 15.4 Å². The van der Waals surface area contributed by atoms with Gasteiger partial charge in [0.25, 0.3) is 0 Å². The Morgan fingerprint density at radius 2 is 1.77 bits per heavy atom. The van der Waals surface area contributed by atoms with Crippen LogP contribution in [0, 0.1) is 6.92 Å². The van der Waals surface area contributed by atoms with Gasteiger partial charge in [0.2, 0.25) is 0 Å². The second-order valence-electron chi connectivity index (χ2n) is 8.32. The van der Waals surface area contributed by atoms with E-state index >= 15 is 0 Å². The van der Waals surface area contributed by atoms with Crippen LogP contribution in [0.25, 0.3) is 0 Å². The van der Waals surface area contributed by atoms with Crippen LogP contribution in [-0.4, -0.2) is 40.8 Å². The van der Waals surface area contributed by atoms with Gasteiger partial charge in [-0.15, -0.1) is 24.0 Å². The maximum Gasteiger partial charge on any atom is 0.191 e. The Balaban J connectivity index is 0.00000480. The lowest BCUT2D eigenvalue weighted by atomic mass is 9.86. The molecule has 0 heterocycles. The van der Waals surface area contributed by atoms with Crippen molar-refractivity contribution in [3.63, 3.8) is 0 Å². The van der Waals surface area contributed by atoms with E-state index < -0.39 is 9.84 Å². The van der Waals surface area contributed by atoms with Crippen molar-refractivity contribution in [3.05, 3.63) is 59.2 Å². The van der Waals surface area contributed by atoms with Gasteiger partial charge in [-0.1, -0.05) is 51.1 Å². The molecule has 172 valence electrons. The largest absolute Gasteiger partial charge is 0.491 e. The summed E-state index contributed by atoms with van der Waals surface area (Å²) in [6.07, 6.45) is 1.22. The number of para-hydroxylation sites is 1. The van der Waals surface area contributed by atoms with Gasteiger partial charge in [-0.3, -0.25) is 4.99 Å². The Morgan fingerprint density at radius 1 is 1.10 bits per heavy atom. The highest BCUT2D eigenvalue weighted by Crippen LogP contribution is 2.30. The van der Waals surface area contributed by atoms with Gasteiger partial charge in [-0.25, -0.2) is 8.42 Å². The molecule has 0 bridgehead atoms. The van der Waals surface area contributed by atoms with E-state index in [-0.39, 0.29) is 29.4 Å². The number of hydrogen-bond acceptors (Lipinski definition) is 4. The number of aliphatic imine (C=N–C) groups is 1. The van der Waals surface area contributed by atoms with Crippen molar-refractivity contribution in [2.24, 2.45) is 4.99 Å². The molecule has 6 nitrogen and oxygen atoms in total. The Hall–Kier alpha value is -1.81. The molecule has 0 radical (unpaired) electrons. The molecule has 0 aliphatic rings. The second-order valence-corrected chi connectivity index (χ2v) is 10.3. The molecule has 0 aliphatic heterocycles. The number of ether oxygens (including phenoxy) is 1. The van der Waals surface area contributed by atoms with E-state index in [1.165, 1.54) is 11.8 Å². The summed E-state index contributed by atoms with van der Waals surface area (Å²) >= 11 is 0. The molecule has 2 aromatic rings. The summed E-state index contributed by atoms with van der Waals surface area (Å²) in [5.41, 5.74) is 2.93. The van der Waals surface area contributed by atoms with Crippen LogP contribution < -0.4 is 15.4 Å². The van der Waals surface area contributed by atoms with Crippen LogP contribution >= 0.6 is 24.0 Å². The lowest BCUT2D eigenvalue weighted by Gasteiger charge is -2.22. The Labute approximate surface area is 203 Å². The smallest absolute Gasteiger partial charge is 0.191 e. The van der Waals surface area contributed by atoms with Crippen molar-refractivity contribution < 1.29 is 13.2 Å². The molecule has 2 rings (SSSR count). The summed E-state index contributed by atoms with van der Waals surface area (Å²) in [5.74, 6) is 1.56. The van der Waals surface area contributed by atoms with Gasteiger partial charge in [0.05, 0.1) is 11.4 Å². The Morgan fingerprint density at radius 3 is 2.35 bits per heavy atom. The van der Waals surface area contributed by atoms with Crippen LogP contribution in [0.15, 0.2) is 52.4 Å². The number of halogens is 1. The average Bonchev–Trinajstić information content (AvgIpc) is 2.66. The van der Waals surface area contributed by atoms with Crippen molar-refractivity contribution in [2.45, 2.75) is 44.6 Å². The molecule has 31 heavy (non-hydrogen) atoms. The molecule has 8 heteroatoms. The van der Waals surface area contributed by atoms with Crippen LogP contribution in [0.5, 0.6) is 5.75 Å². The second kappa shape index (κ2) is 11.7. The summed E-state index contributed by atoms with van der Waals surface area (Å²) in [6.45, 7) is 9.97. The summed E-state index contributed by atoms with van der Waals surface area (Å²) in [7, 11) is -1.50. The molecule has 0 saturated heterocycles.